The van der Waals surface area contributed by atoms with Crippen LogP contribution in [0.4, 0.5) is 0 Å². The summed E-state index contributed by atoms with van der Waals surface area (Å²) in [6.07, 6.45) is 2.13. The summed E-state index contributed by atoms with van der Waals surface area (Å²) >= 11 is 7.08. The Morgan fingerprint density at radius 2 is 2.29 bits per heavy atom. The number of ketones is 1. The molecule has 1 aliphatic carbocycles. The number of hydrogen-bond donors (Lipinski definition) is 1. The molecule has 1 heterocycles. The van der Waals surface area contributed by atoms with Crippen LogP contribution in [0.25, 0.3) is 0 Å². The Kier molecular flexibility index (Phi) is 2.41. The number of hydrogen-bond acceptors (Lipinski definition) is 3. The first-order valence-corrected chi connectivity index (χ1v) is 5.80. The molecule has 1 fully saturated rings. The summed E-state index contributed by atoms with van der Waals surface area (Å²) in [5, 5.41) is 0. The van der Waals surface area contributed by atoms with Crippen molar-refractivity contribution in [2.45, 2.75) is 25.3 Å². The molecule has 0 saturated heterocycles. The van der Waals surface area contributed by atoms with Crippen molar-refractivity contribution in [2.24, 2.45) is 11.7 Å². The minimum Gasteiger partial charge on any atom is -0.319 e. The van der Waals surface area contributed by atoms with Crippen molar-refractivity contribution in [3.8, 4) is 0 Å². The molecule has 0 amide bonds. The lowest BCUT2D eigenvalue weighted by Crippen LogP contribution is -2.46. The highest BCUT2D eigenvalue weighted by atomic mass is 35.5. The van der Waals surface area contributed by atoms with Crippen LogP contribution in [-0.4, -0.2) is 11.3 Å². The number of rotatable bonds is 3. The van der Waals surface area contributed by atoms with E-state index in [2.05, 4.69) is 0 Å². The molecule has 1 aromatic rings. The molecule has 1 aromatic heterocycles. The Balaban J connectivity index is 2.22. The molecule has 1 aliphatic rings. The number of Topliss-reactive ketones (excluding diaryl/α,β-unsaturated/α-hetero) is 1. The molecular formula is C10H12ClNOS. The molecule has 0 radical (unpaired) electrons. The molecule has 1 atom stereocenters. The maximum atomic E-state index is 12.0. The first kappa shape index (κ1) is 10.1. The molecule has 14 heavy (non-hydrogen) atoms. The molecule has 76 valence electrons. The van der Waals surface area contributed by atoms with Crippen molar-refractivity contribution < 1.29 is 4.79 Å². The Hall–Kier alpha value is -0.380. The average Bonchev–Trinajstić information content (AvgIpc) is 2.89. The Bertz CT molecular complexity index is 368. The van der Waals surface area contributed by atoms with E-state index in [1.165, 1.54) is 11.3 Å². The van der Waals surface area contributed by atoms with Gasteiger partial charge in [0.25, 0.3) is 0 Å². The van der Waals surface area contributed by atoms with Gasteiger partial charge in [-0.25, -0.2) is 0 Å². The number of carbonyl (C=O) groups is 1. The van der Waals surface area contributed by atoms with E-state index in [0.717, 1.165) is 12.8 Å². The van der Waals surface area contributed by atoms with E-state index in [-0.39, 0.29) is 5.78 Å². The van der Waals surface area contributed by atoms with Gasteiger partial charge in [0.1, 0.15) is 0 Å². The molecule has 0 spiro atoms. The highest BCUT2D eigenvalue weighted by molar-refractivity contribution is 7.18. The van der Waals surface area contributed by atoms with Gasteiger partial charge in [0.15, 0.2) is 5.78 Å². The maximum absolute atomic E-state index is 12.0. The molecule has 1 unspecified atom stereocenters. The topological polar surface area (TPSA) is 43.1 Å². The van der Waals surface area contributed by atoms with Crippen LogP contribution in [0.3, 0.4) is 0 Å². The molecule has 2 rings (SSSR count). The van der Waals surface area contributed by atoms with E-state index < -0.39 is 5.54 Å². The molecule has 4 heteroatoms. The number of carbonyl (C=O) groups excluding carboxylic acids is 1. The smallest absolute Gasteiger partial charge is 0.192 e. The van der Waals surface area contributed by atoms with Crippen molar-refractivity contribution in [3.05, 3.63) is 21.3 Å². The highest BCUT2D eigenvalue weighted by Crippen LogP contribution is 2.40. The predicted octanol–water partition coefficient (Wildman–Crippen LogP) is 2.71. The molecule has 0 bridgehead atoms. The Morgan fingerprint density at radius 3 is 2.71 bits per heavy atom. The molecule has 2 N–H and O–H groups in total. The van der Waals surface area contributed by atoms with Gasteiger partial charge in [-0.15, -0.1) is 11.3 Å². The number of nitrogens with two attached hydrogens (primary N) is 1. The van der Waals surface area contributed by atoms with Crippen molar-refractivity contribution in [1.29, 1.82) is 0 Å². The molecular weight excluding hydrogens is 218 g/mol. The summed E-state index contributed by atoms with van der Waals surface area (Å²) in [5.41, 5.74) is 5.32. The van der Waals surface area contributed by atoms with Crippen molar-refractivity contribution in [3.63, 3.8) is 0 Å². The third-order valence-electron chi connectivity index (χ3n) is 2.71. The summed E-state index contributed by atoms with van der Waals surface area (Å²) in [4.78, 5) is 12.7. The summed E-state index contributed by atoms with van der Waals surface area (Å²) in [6, 6.07) is 3.49. The summed E-state index contributed by atoms with van der Waals surface area (Å²) in [7, 11) is 0. The van der Waals surface area contributed by atoms with Crippen LogP contribution in [0.5, 0.6) is 0 Å². The number of thiophene rings is 1. The van der Waals surface area contributed by atoms with Crippen LogP contribution >= 0.6 is 22.9 Å². The van der Waals surface area contributed by atoms with E-state index >= 15 is 0 Å². The second-order valence-corrected chi connectivity index (χ2v) is 5.70. The maximum Gasteiger partial charge on any atom is 0.192 e. The first-order valence-electron chi connectivity index (χ1n) is 4.61. The zero-order chi connectivity index (χ0) is 10.3. The molecule has 2 nitrogen and oxygen atoms in total. The minimum absolute atomic E-state index is 0.0249. The van der Waals surface area contributed by atoms with E-state index in [1.807, 2.05) is 6.92 Å². The monoisotopic (exact) mass is 229 g/mol. The van der Waals surface area contributed by atoms with Gasteiger partial charge in [0, 0.05) is 0 Å². The normalized spacial score (nSPS) is 20.5. The van der Waals surface area contributed by atoms with Crippen molar-refractivity contribution >= 4 is 28.7 Å². The standard InChI is InChI=1S/C10H12ClNOS/c1-10(12,6-2-3-6)9(13)7-4-5-8(11)14-7/h4-6H,2-3,12H2,1H3. The lowest BCUT2D eigenvalue weighted by atomic mass is 9.91. The largest absolute Gasteiger partial charge is 0.319 e. The SMILES string of the molecule is CC(N)(C(=O)c1ccc(Cl)s1)C1CC1. The van der Waals surface area contributed by atoms with Crippen molar-refractivity contribution in [1.82, 2.24) is 0 Å². The Labute approximate surface area is 92.1 Å². The van der Waals surface area contributed by atoms with Crippen LogP contribution in [0.15, 0.2) is 12.1 Å². The van der Waals surface area contributed by atoms with Crippen LogP contribution in [-0.2, 0) is 0 Å². The van der Waals surface area contributed by atoms with Crippen LogP contribution in [0.2, 0.25) is 4.34 Å². The quantitative estimate of drug-likeness (QED) is 0.810. The first-order chi connectivity index (χ1) is 6.51. The lowest BCUT2D eigenvalue weighted by Gasteiger charge is -2.21. The van der Waals surface area contributed by atoms with E-state index in [1.54, 1.807) is 12.1 Å². The Morgan fingerprint density at radius 1 is 1.64 bits per heavy atom. The molecule has 1 saturated carbocycles. The van der Waals surface area contributed by atoms with Crippen LogP contribution < -0.4 is 5.73 Å². The second-order valence-electron chi connectivity index (χ2n) is 3.99. The zero-order valence-corrected chi connectivity index (χ0v) is 9.49. The van der Waals surface area contributed by atoms with Crippen molar-refractivity contribution in [2.75, 3.05) is 0 Å². The van der Waals surface area contributed by atoms with Gasteiger partial charge >= 0.3 is 0 Å². The fraction of sp³-hybridized carbons (Fsp3) is 0.500. The third kappa shape index (κ3) is 1.72. The van der Waals surface area contributed by atoms with Gasteiger partial charge in [-0.05, 0) is 37.8 Å². The van der Waals surface area contributed by atoms with Gasteiger partial charge in [-0.3, -0.25) is 4.79 Å². The average molecular weight is 230 g/mol. The predicted molar refractivity (Wildman–Crippen MR) is 59.0 cm³/mol. The molecule has 0 aromatic carbocycles. The van der Waals surface area contributed by atoms with Crippen LogP contribution in [0, 0.1) is 5.92 Å². The lowest BCUT2D eigenvalue weighted by molar-refractivity contribution is 0.0887. The molecule has 0 aliphatic heterocycles. The van der Waals surface area contributed by atoms with E-state index in [9.17, 15) is 4.79 Å². The van der Waals surface area contributed by atoms with Crippen LogP contribution in [0.1, 0.15) is 29.4 Å². The van der Waals surface area contributed by atoms with Gasteiger partial charge < -0.3 is 5.73 Å². The summed E-state index contributed by atoms with van der Waals surface area (Å²) < 4.78 is 0.639. The number of halogens is 1. The summed E-state index contributed by atoms with van der Waals surface area (Å²) in [5.74, 6) is 0.382. The van der Waals surface area contributed by atoms with Gasteiger partial charge in [0.2, 0.25) is 0 Å². The van der Waals surface area contributed by atoms with Gasteiger partial charge in [0.05, 0.1) is 14.8 Å². The zero-order valence-electron chi connectivity index (χ0n) is 7.92. The van der Waals surface area contributed by atoms with Gasteiger partial charge in [-0.2, -0.15) is 0 Å². The van der Waals surface area contributed by atoms with E-state index in [0.29, 0.717) is 15.1 Å². The minimum atomic E-state index is -0.700. The fourth-order valence-electron chi connectivity index (χ4n) is 1.57. The fourth-order valence-corrected chi connectivity index (χ4v) is 2.68. The highest BCUT2D eigenvalue weighted by Gasteiger charge is 2.44. The third-order valence-corrected chi connectivity index (χ3v) is 3.94. The van der Waals surface area contributed by atoms with E-state index in [4.69, 9.17) is 17.3 Å². The second kappa shape index (κ2) is 3.33. The van der Waals surface area contributed by atoms with Gasteiger partial charge in [-0.1, -0.05) is 11.6 Å². The summed E-state index contributed by atoms with van der Waals surface area (Å²) in [6.45, 7) is 1.82.